The summed E-state index contributed by atoms with van der Waals surface area (Å²) in [6, 6.07) is 21.2. The van der Waals surface area contributed by atoms with E-state index >= 15 is 0 Å². The third-order valence-corrected chi connectivity index (χ3v) is 9.33. The minimum Gasteiger partial charge on any atom is -0.339 e. The zero-order valence-electron chi connectivity index (χ0n) is 22.8. The number of benzene rings is 2. The van der Waals surface area contributed by atoms with E-state index in [-0.39, 0.29) is 29.8 Å². The molecule has 3 atom stereocenters. The van der Waals surface area contributed by atoms with Crippen molar-refractivity contribution >= 4 is 23.2 Å². The molecule has 1 fully saturated rings. The van der Waals surface area contributed by atoms with Crippen molar-refractivity contribution < 1.29 is 9.59 Å². The number of thiophene rings is 1. The van der Waals surface area contributed by atoms with Crippen molar-refractivity contribution in [1.82, 2.24) is 14.7 Å². The Morgan fingerprint density at radius 3 is 2.47 bits per heavy atom. The smallest absolute Gasteiger partial charge is 0.230 e. The second-order valence-corrected chi connectivity index (χ2v) is 11.7. The summed E-state index contributed by atoms with van der Waals surface area (Å²) in [6.07, 6.45) is 2.32. The Kier molecular flexibility index (Phi) is 8.29. The topological polar surface area (TPSA) is 43.9 Å². The number of hydrogen-bond acceptors (Lipinski definition) is 4. The summed E-state index contributed by atoms with van der Waals surface area (Å²) in [5.74, 6) is 0.248. The highest BCUT2D eigenvalue weighted by atomic mass is 32.1. The molecule has 3 heterocycles. The second kappa shape index (κ2) is 11.8. The third-order valence-electron chi connectivity index (χ3n) is 8.33. The van der Waals surface area contributed by atoms with Crippen LogP contribution in [-0.2, 0) is 16.0 Å². The van der Waals surface area contributed by atoms with Crippen LogP contribution in [0.2, 0.25) is 0 Å². The Hall–Kier alpha value is -2.96. The molecule has 5 nitrogen and oxygen atoms in total. The molecule has 2 aromatic carbocycles. The summed E-state index contributed by atoms with van der Waals surface area (Å²) in [5, 5.41) is 2.20. The van der Waals surface area contributed by atoms with E-state index in [1.54, 1.807) is 0 Å². The Bertz CT molecular complexity index is 1260. The Morgan fingerprint density at radius 1 is 0.974 bits per heavy atom. The van der Waals surface area contributed by atoms with Crippen molar-refractivity contribution in [3.05, 3.63) is 93.2 Å². The normalized spacial score (nSPS) is 20.7. The van der Waals surface area contributed by atoms with Crippen molar-refractivity contribution in [2.75, 3.05) is 32.7 Å². The quantitative estimate of drug-likeness (QED) is 0.397. The van der Waals surface area contributed by atoms with Gasteiger partial charge in [0.2, 0.25) is 11.8 Å². The van der Waals surface area contributed by atoms with E-state index in [9.17, 15) is 9.59 Å². The van der Waals surface area contributed by atoms with Crippen LogP contribution < -0.4 is 0 Å². The highest BCUT2D eigenvalue weighted by molar-refractivity contribution is 7.10. The summed E-state index contributed by atoms with van der Waals surface area (Å²) < 4.78 is 0. The van der Waals surface area contributed by atoms with Gasteiger partial charge in [0.15, 0.2) is 0 Å². The van der Waals surface area contributed by atoms with E-state index in [4.69, 9.17) is 0 Å². The van der Waals surface area contributed by atoms with Crippen LogP contribution in [0.4, 0.5) is 0 Å². The van der Waals surface area contributed by atoms with Crippen molar-refractivity contribution in [1.29, 1.82) is 0 Å². The summed E-state index contributed by atoms with van der Waals surface area (Å²) in [5.41, 5.74) is 5.10. The number of amides is 2. The van der Waals surface area contributed by atoms with Gasteiger partial charge >= 0.3 is 0 Å². The molecule has 0 spiro atoms. The van der Waals surface area contributed by atoms with Gasteiger partial charge in [-0.1, -0.05) is 61.5 Å². The summed E-state index contributed by atoms with van der Waals surface area (Å²) in [4.78, 5) is 34.7. The number of piperazine rings is 1. The van der Waals surface area contributed by atoms with Gasteiger partial charge in [0.05, 0.1) is 12.0 Å². The van der Waals surface area contributed by atoms with Gasteiger partial charge in [0.25, 0.3) is 0 Å². The molecule has 1 saturated heterocycles. The number of fused-ring (bicyclic) bond motifs is 1. The molecular weight excluding hydrogens is 490 g/mol. The van der Waals surface area contributed by atoms with Gasteiger partial charge in [-0.2, -0.15) is 0 Å². The molecule has 2 aliphatic heterocycles. The fourth-order valence-corrected chi connectivity index (χ4v) is 7.12. The van der Waals surface area contributed by atoms with E-state index in [0.29, 0.717) is 26.1 Å². The number of carbonyl (C=O) groups excluding carboxylic acids is 2. The molecule has 1 aromatic heterocycles. The van der Waals surface area contributed by atoms with Crippen molar-refractivity contribution in [3.8, 4) is 0 Å². The van der Waals surface area contributed by atoms with Crippen LogP contribution >= 0.6 is 11.3 Å². The first-order valence-electron chi connectivity index (χ1n) is 14.0. The first-order chi connectivity index (χ1) is 18.5. The van der Waals surface area contributed by atoms with E-state index in [1.165, 1.54) is 21.6 Å². The van der Waals surface area contributed by atoms with E-state index in [1.807, 2.05) is 51.5 Å². The van der Waals surface area contributed by atoms with E-state index < -0.39 is 0 Å². The van der Waals surface area contributed by atoms with Crippen molar-refractivity contribution in [3.63, 3.8) is 0 Å². The van der Waals surface area contributed by atoms with Gasteiger partial charge in [0, 0.05) is 50.1 Å². The maximum atomic E-state index is 13.4. The Balaban J connectivity index is 1.22. The van der Waals surface area contributed by atoms with Crippen molar-refractivity contribution in [2.24, 2.45) is 0 Å². The zero-order valence-corrected chi connectivity index (χ0v) is 23.6. The summed E-state index contributed by atoms with van der Waals surface area (Å²) in [6.45, 7) is 9.85. The van der Waals surface area contributed by atoms with Crippen molar-refractivity contribution in [2.45, 2.75) is 58.0 Å². The van der Waals surface area contributed by atoms with Gasteiger partial charge < -0.3 is 9.80 Å². The second-order valence-electron chi connectivity index (χ2n) is 10.7. The number of nitrogens with zero attached hydrogens (tertiary/aromatic N) is 3. The van der Waals surface area contributed by atoms with Crippen LogP contribution in [0, 0.1) is 6.92 Å². The molecule has 5 rings (SSSR count). The Morgan fingerprint density at radius 2 is 1.74 bits per heavy atom. The average molecular weight is 530 g/mol. The lowest BCUT2D eigenvalue weighted by Gasteiger charge is -2.42. The van der Waals surface area contributed by atoms with E-state index in [2.05, 4.69) is 61.4 Å². The molecular formula is C32H39N3O2S. The predicted octanol–water partition coefficient (Wildman–Crippen LogP) is 5.65. The molecule has 0 N–H and O–H groups in total. The van der Waals surface area contributed by atoms with Gasteiger partial charge in [-0.05, 0) is 60.4 Å². The largest absolute Gasteiger partial charge is 0.339 e. The maximum absolute atomic E-state index is 13.4. The fourth-order valence-electron chi connectivity index (χ4n) is 6.21. The highest BCUT2D eigenvalue weighted by Crippen LogP contribution is 2.39. The van der Waals surface area contributed by atoms with Crippen LogP contribution in [0.5, 0.6) is 0 Å². The minimum atomic E-state index is -0.125. The number of hydrogen-bond donors (Lipinski definition) is 0. The number of carbonyl (C=O) groups is 2. The third kappa shape index (κ3) is 5.43. The summed E-state index contributed by atoms with van der Waals surface area (Å²) >= 11 is 1.85. The molecule has 2 amide bonds. The highest BCUT2D eigenvalue weighted by Gasteiger charge is 2.34. The minimum absolute atomic E-state index is 0.0148. The molecule has 0 aliphatic carbocycles. The first kappa shape index (κ1) is 26.6. The lowest BCUT2D eigenvalue weighted by atomic mass is 9.90. The monoisotopic (exact) mass is 529 g/mol. The SMILES string of the molecule is CCC(C(=O)N1CCN(C(=O)CCN2CCc3sccc3C2c2ccccc2C)CC1C)c1ccccc1. The Labute approximate surface area is 231 Å². The molecule has 3 aromatic rings. The van der Waals surface area contributed by atoms with Crippen LogP contribution in [-0.4, -0.2) is 65.3 Å². The predicted molar refractivity (Wildman–Crippen MR) is 154 cm³/mol. The van der Waals surface area contributed by atoms with Crippen LogP contribution in [0.1, 0.15) is 65.8 Å². The molecule has 38 heavy (non-hydrogen) atoms. The van der Waals surface area contributed by atoms with Gasteiger partial charge in [0.1, 0.15) is 0 Å². The molecule has 3 unspecified atom stereocenters. The molecule has 2 aliphatic rings. The average Bonchev–Trinajstić information content (AvgIpc) is 3.42. The zero-order chi connectivity index (χ0) is 26.6. The molecule has 0 radical (unpaired) electrons. The van der Waals surface area contributed by atoms with Crippen LogP contribution in [0.3, 0.4) is 0 Å². The lowest BCUT2D eigenvalue weighted by Crippen LogP contribution is -2.56. The summed E-state index contributed by atoms with van der Waals surface area (Å²) in [7, 11) is 0. The maximum Gasteiger partial charge on any atom is 0.230 e. The van der Waals surface area contributed by atoms with Gasteiger partial charge in [-0.3, -0.25) is 14.5 Å². The van der Waals surface area contributed by atoms with Crippen LogP contribution in [0.25, 0.3) is 0 Å². The number of rotatable bonds is 7. The molecule has 0 saturated carbocycles. The fraction of sp³-hybridized carbons (Fsp3) is 0.438. The molecule has 200 valence electrons. The van der Waals surface area contributed by atoms with E-state index in [0.717, 1.165) is 31.5 Å². The first-order valence-corrected chi connectivity index (χ1v) is 14.8. The molecule has 6 heteroatoms. The van der Waals surface area contributed by atoms with Crippen LogP contribution in [0.15, 0.2) is 66.0 Å². The number of aryl methyl sites for hydroxylation is 1. The van der Waals surface area contributed by atoms with Gasteiger partial charge in [-0.15, -0.1) is 11.3 Å². The lowest BCUT2D eigenvalue weighted by molar-refractivity contribution is -0.143. The van der Waals surface area contributed by atoms with Gasteiger partial charge in [-0.25, -0.2) is 0 Å². The molecule has 0 bridgehead atoms. The standard InChI is InChI=1S/C32H39N3O2S/c1-4-26(25-11-6-5-7-12-25)32(37)35-20-19-34(22-24(35)3)30(36)15-18-33-17-14-29-28(16-21-38-29)31(33)27-13-9-8-10-23(27)2/h5-13,16,21,24,26,31H,4,14-15,17-20,22H2,1-3H3.